The summed E-state index contributed by atoms with van der Waals surface area (Å²) in [7, 11) is 0. The third-order valence-electron chi connectivity index (χ3n) is 4.98. The lowest BCUT2D eigenvalue weighted by Crippen LogP contribution is -2.40. The molecule has 0 aliphatic carbocycles. The first-order valence-electron chi connectivity index (χ1n) is 8.56. The average Bonchev–Trinajstić information content (AvgIpc) is 2.98. The number of ether oxygens (including phenoxy) is 1. The van der Waals surface area contributed by atoms with E-state index in [1.54, 1.807) is 4.90 Å². The molecule has 1 heterocycles. The van der Waals surface area contributed by atoms with Gasteiger partial charge in [-0.2, -0.15) is 0 Å². The maximum atomic E-state index is 12.3. The molecular formula is C19H27NO4. The second kappa shape index (κ2) is 7.69. The Balaban J connectivity index is 1.78. The number of hydrogen-bond donors (Lipinski definition) is 1. The largest absolute Gasteiger partial charge is 0.494 e. The number of carbonyl (C=O) groups excluding carboxylic acids is 1. The van der Waals surface area contributed by atoms with Crippen LogP contribution in [0, 0.1) is 18.3 Å². The zero-order chi connectivity index (χ0) is 17.7. The summed E-state index contributed by atoms with van der Waals surface area (Å²) >= 11 is 0. The number of hydrogen-bond acceptors (Lipinski definition) is 3. The van der Waals surface area contributed by atoms with Crippen LogP contribution in [0.4, 0.5) is 0 Å². The van der Waals surface area contributed by atoms with Crippen LogP contribution in [0.25, 0.3) is 0 Å². The van der Waals surface area contributed by atoms with E-state index in [0.717, 1.165) is 11.3 Å². The fraction of sp³-hybridized carbons (Fsp3) is 0.579. The number of aryl methyl sites for hydroxylation is 1. The predicted molar refractivity (Wildman–Crippen MR) is 92.0 cm³/mol. The van der Waals surface area contributed by atoms with E-state index in [9.17, 15) is 14.7 Å². The second-order valence-electron chi connectivity index (χ2n) is 6.95. The lowest BCUT2D eigenvalue weighted by molar-refractivity contribution is -0.151. The quantitative estimate of drug-likeness (QED) is 0.779. The first-order valence-corrected chi connectivity index (χ1v) is 8.56. The molecule has 0 radical (unpaired) electrons. The van der Waals surface area contributed by atoms with E-state index in [1.807, 2.05) is 45.0 Å². The summed E-state index contributed by atoms with van der Waals surface area (Å²) in [6.45, 7) is 7.17. The summed E-state index contributed by atoms with van der Waals surface area (Å²) in [5.74, 6) is 0.0491. The minimum Gasteiger partial charge on any atom is -0.494 e. The Bertz CT molecular complexity index is 599. The molecule has 1 unspecified atom stereocenters. The van der Waals surface area contributed by atoms with Gasteiger partial charge in [-0.05, 0) is 43.4 Å². The van der Waals surface area contributed by atoms with E-state index < -0.39 is 11.4 Å². The summed E-state index contributed by atoms with van der Waals surface area (Å²) in [5.41, 5.74) is 0.340. The Morgan fingerprint density at radius 2 is 2.12 bits per heavy atom. The Labute approximate surface area is 143 Å². The highest BCUT2D eigenvalue weighted by Crippen LogP contribution is 2.38. The molecular weight excluding hydrogens is 306 g/mol. The Morgan fingerprint density at radius 1 is 1.38 bits per heavy atom. The van der Waals surface area contributed by atoms with E-state index >= 15 is 0 Å². The molecule has 1 aromatic carbocycles. The molecule has 1 N–H and O–H groups in total. The zero-order valence-corrected chi connectivity index (χ0v) is 14.7. The molecule has 5 nitrogen and oxygen atoms in total. The number of amides is 1. The maximum absolute atomic E-state index is 12.3. The van der Waals surface area contributed by atoms with Crippen molar-refractivity contribution < 1.29 is 19.4 Å². The number of carbonyl (C=O) groups is 2. The third kappa shape index (κ3) is 4.08. The van der Waals surface area contributed by atoms with E-state index in [1.165, 1.54) is 0 Å². The molecule has 2 rings (SSSR count). The first kappa shape index (κ1) is 18.3. The van der Waals surface area contributed by atoms with Gasteiger partial charge in [-0.15, -0.1) is 0 Å². The fourth-order valence-corrected chi connectivity index (χ4v) is 3.22. The van der Waals surface area contributed by atoms with Gasteiger partial charge in [0.2, 0.25) is 5.91 Å². The number of aliphatic carboxylic acids is 1. The van der Waals surface area contributed by atoms with Crippen molar-refractivity contribution in [2.75, 3.05) is 19.7 Å². The van der Waals surface area contributed by atoms with Crippen LogP contribution < -0.4 is 4.74 Å². The predicted octanol–water partition coefficient (Wildman–Crippen LogP) is 3.11. The third-order valence-corrected chi connectivity index (χ3v) is 4.98. The maximum Gasteiger partial charge on any atom is 0.311 e. The normalized spacial score (nSPS) is 20.4. The van der Waals surface area contributed by atoms with Crippen molar-refractivity contribution in [3.8, 4) is 5.75 Å². The van der Waals surface area contributed by atoms with Crippen LogP contribution in [0.3, 0.4) is 0 Å². The van der Waals surface area contributed by atoms with Crippen LogP contribution in [0.2, 0.25) is 0 Å². The molecule has 1 amide bonds. The zero-order valence-electron chi connectivity index (χ0n) is 14.7. The van der Waals surface area contributed by atoms with E-state index in [4.69, 9.17) is 4.74 Å². The molecule has 1 saturated heterocycles. The number of carboxylic acid groups (broad SMARTS) is 1. The molecule has 1 fully saturated rings. The van der Waals surface area contributed by atoms with Crippen molar-refractivity contribution in [3.05, 3.63) is 29.8 Å². The average molecular weight is 333 g/mol. The highest BCUT2D eigenvalue weighted by Gasteiger charge is 2.48. The van der Waals surface area contributed by atoms with E-state index in [-0.39, 0.29) is 11.8 Å². The summed E-state index contributed by atoms with van der Waals surface area (Å²) < 4.78 is 5.65. The molecule has 1 atom stereocenters. The summed E-state index contributed by atoms with van der Waals surface area (Å²) in [6, 6.07) is 7.82. The van der Waals surface area contributed by atoms with Crippen LogP contribution in [0.15, 0.2) is 24.3 Å². The number of carboxylic acids is 1. The molecule has 0 aromatic heterocycles. The molecule has 132 valence electrons. The number of benzene rings is 1. The number of rotatable bonds is 7. The van der Waals surface area contributed by atoms with Crippen molar-refractivity contribution >= 4 is 11.9 Å². The first-order chi connectivity index (χ1) is 11.3. The summed E-state index contributed by atoms with van der Waals surface area (Å²) in [6.07, 6.45) is 1.55. The Kier molecular flexibility index (Phi) is 5.86. The molecule has 24 heavy (non-hydrogen) atoms. The molecule has 0 bridgehead atoms. The molecule has 1 aromatic rings. The standard InChI is InChI=1S/C19H27NO4/c1-14(2)19(18(22)23)9-10-20(13-19)17(21)8-5-11-24-16-7-4-6-15(3)12-16/h4,6-7,12,14H,5,8-11,13H2,1-3H3,(H,22,23). The molecule has 0 spiro atoms. The number of nitrogens with zero attached hydrogens (tertiary/aromatic N) is 1. The number of likely N-dealkylation sites (tertiary alicyclic amines) is 1. The minimum atomic E-state index is -0.798. The molecule has 0 saturated carbocycles. The minimum absolute atomic E-state index is 0.0115. The second-order valence-corrected chi connectivity index (χ2v) is 6.95. The van der Waals surface area contributed by atoms with Gasteiger partial charge in [0.05, 0.1) is 12.0 Å². The van der Waals surface area contributed by atoms with E-state index in [0.29, 0.717) is 39.0 Å². The monoisotopic (exact) mass is 333 g/mol. The van der Waals surface area contributed by atoms with Gasteiger partial charge < -0.3 is 14.7 Å². The highest BCUT2D eigenvalue weighted by atomic mass is 16.5. The molecule has 1 aliphatic rings. The topological polar surface area (TPSA) is 66.8 Å². The van der Waals surface area contributed by atoms with E-state index in [2.05, 4.69) is 0 Å². The molecule has 1 aliphatic heterocycles. The molecule has 5 heteroatoms. The van der Waals surface area contributed by atoms with Crippen LogP contribution in [-0.2, 0) is 9.59 Å². The van der Waals surface area contributed by atoms with Gasteiger partial charge >= 0.3 is 5.97 Å². The highest BCUT2D eigenvalue weighted by molar-refractivity contribution is 5.80. The SMILES string of the molecule is Cc1cccc(OCCCC(=O)N2CCC(C(=O)O)(C(C)C)C2)c1. The van der Waals surface area contributed by atoms with Gasteiger partial charge in [-0.3, -0.25) is 9.59 Å². The van der Waals surface area contributed by atoms with Gasteiger partial charge in [-0.1, -0.05) is 26.0 Å². The Hall–Kier alpha value is -2.04. The van der Waals surface area contributed by atoms with Crippen molar-refractivity contribution in [2.24, 2.45) is 11.3 Å². The fourth-order valence-electron chi connectivity index (χ4n) is 3.22. The van der Waals surface area contributed by atoms with Crippen LogP contribution in [0.5, 0.6) is 5.75 Å². The summed E-state index contributed by atoms with van der Waals surface area (Å²) in [5, 5.41) is 9.54. The van der Waals surface area contributed by atoms with Gasteiger partial charge in [0, 0.05) is 19.5 Å². The van der Waals surface area contributed by atoms with Crippen molar-refractivity contribution in [3.63, 3.8) is 0 Å². The smallest absolute Gasteiger partial charge is 0.311 e. The van der Waals surface area contributed by atoms with Gasteiger partial charge in [-0.25, -0.2) is 0 Å². The van der Waals surface area contributed by atoms with Gasteiger partial charge in [0.15, 0.2) is 0 Å². The van der Waals surface area contributed by atoms with Crippen LogP contribution in [0.1, 0.15) is 38.7 Å². The van der Waals surface area contributed by atoms with Gasteiger partial charge in [0.25, 0.3) is 0 Å². The van der Waals surface area contributed by atoms with Gasteiger partial charge in [0.1, 0.15) is 5.75 Å². The lowest BCUT2D eigenvalue weighted by Gasteiger charge is -2.28. The van der Waals surface area contributed by atoms with Crippen molar-refractivity contribution in [1.29, 1.82) is 0 Å². The van der Waals surface area contributed by atoms with Crippen LogP contribution in [-0.4, -0.2) is 41.6 Å². The lowest BCUT2D eigenvalue weighted by atomic mass is 9.76. The van der Waals surface area contributed by atoms with Crippen molar-refractivity contribution in [1.82, 2.24) is 4.90 Å². The summed E-state index contributed by atoms with van der Waals surface area (Å²) in [4.78, 5) is 25.6. The Morgan fingerprint density at radius 3 is 2.71 bits per heavy atom. The van der Waals surface area contributed by atoms with Crippen molar-refractivity contribution in [2.45, 2.75) is 40.0 Å². The van der Waals surface area contributed by atoms with Crippen LogP contribution >= 0.6 is 0 Å².